The maximum Gasteiger partial charge on any atom is 0.221 e. The number of anilines is 1. The summed E-state index contributed by atoms with van der Waals surface area (Å²) in [4.78, 5) is 8.33. The van der Waals surface area contributed by atoms with Crippen molar-refractivity contribution in [3.05, 3.63) is 11.9 Å². The minimum absolute atomic E-state index is 0.525. The van der Waals surface area contributed by atoms with Crippen molar-refractivity contribution < 1.29 is 9.47 Å². The summed E-state index contributed by atoms with van der Waals surface area (Å²) < 4.78 is 11.1. The van der Waals surface area contributed by atoms with E-state index in [1.807, 2.05) is 7.05 Å². The Hall–Kier alpha value is -1.36. The van der Waals surface area contributed by atoms with E-state index in [-0.39, 0.29) is 0 Å². The third-order valence-electron chi connectivity index (χ3n) is 2.60. The molecule has 5 nitrogen and oxygen atoms in total. The van der Waals surface area contributed by atoms with Gasteiger partial charge in [0.25, 0.3) is 0 Å². The molecule has 0 unspecified atom stereocenters. The van der Waals surface area contributed by atoms with Gasteiger partial charge in [-0.1, -0.05) is 20.3 Å². The Kier molecular flexibility index (Phi) is 7.10. The van der Waals surface area contributed by atoms with Gasteiger partial charge in [-0.3, -0.25) is 0 Å². The minimum atomic E-state index is 0.525. The molecule has 0 atom stereocenters. The second kappa shape index (κ2) is 8.69. The van der Waals surface area contributed by atoms with E-state index in [9.17, 15) is 0 Å². The number of rotatable bonds is 9. The summed E-state index contributed by atoms with van der Waals surface area (Å²) in [5.74, 6) is 1.48. The maximum absolute atomic E-state index is 5.63. The zero-order valence-electron chi connectivity index (χ0n) is 11.5. The van der Waals surface area contributed by atoms with Crippen LogP contribution in [0.3, 0.4) is 0 Å². The lowest BCUT2D eigenvalue weighted by Gasteiger charge is -2.12. The van der Waals surface area contributed by atoms with Crippen molar-refractivity contribution in [3.63, 3.8) is 0 Å². The van der Waals surface area contributed by atoms with Crippen LogP contribution in [0.25, 0.3) is 0 Å². The van der Waals surface area contributed by atoms with Crippen molar-refractivity contribution in [2.24, 2.45) is 0 Å². The summed E-state index contributed by atoms with van der Waals surface area (Å²) in [6.45, 7) is 6.13. The standard InChI is InChI=1S/C13H23N3O2/c1-4-6-7-17-8-9-18-13-11(5-2)12(14-3)15-10-16-13/h10H,4-9H2,1-3H3,(H,14,15,16). The lowest BCUT2D eigenvalue weighted by molar-refractivity contribution is 0.0961. The van der Waals surface area contributed by atoms with Gasteiger partial charge < -0.3 is 14.8 Å². The van der Waals surface area contributed by atoms with Gasteiger partial charge in [-0.05, 0) is 12.8 Å². The molecule has 0 saturated carbocycles. The summed E-state index contributed by atoms with van der Waals surface area (Å²) in [5.41, 5.74) is 1.01. The van der Waals surface area contributed by atoms with Crippen LogP contribution in [0.5, 0.6) is 5.88 Å². The molecule has 0 aliphatic rings. The summed E-state index contributed by atoms with van der Waals surface area (Å²) >= 11 is 0. The predicted octanol–water partition coefficient (Wildman–Crippen LogP) is 2.28. The molecule has 1 N–H and O–H groups in total. The van der Waals surface area contributed by atoms with Crippen molar-refractivity contribution in [3.8, 4) is 5.88 Å². The predicted molar refractivity (Wildman–Crippen MR) is 72.2 cm³/mol. The van der Waals surface area contributed by atoms with Crippen LogP contribution >= 0.6 is 0 Å². The largest absolute Gasteiger partial charge is 0.475 e. The molecule has 0 aromatic carbocycles. The number of hydrogen-bond acceptors (Lipinski definition) is 5. The first-order valence-electron chi connectivity index (χ1n) is 6.55. The van der Waals surface area contributed by atoms with Crippen molar-refractivity contribution in [1.82, 2.24) is 9.97 Å². The van der Waals surface area contributed by atoms with Crippen LogP contribution in [-0.4, -0.2) is 36.8 Å². The van der Waals surface area contributed by atoms with Gasteiger partial charge in [0.2, 0.25) is 5.88 Å². The Bertz CT molecular complexity index is 345. The molecule has 1 heterocycles. The van der Waals surface area contributed by atoms with Gasteiger partial charge in [-0.15, -0.1) is 0 Å². The van der Waals surface area contributed by atoms with Gasteiger partial charge in [-0.2, -0.15) is 0 Å². The molecule has 1 aromatic rings. The first-order chi connectivity index (χ1) is 8.83. The monoisotopic (exact) mass is 253 g/mol. The highest BCUT2D eigenvalue weighted by Gasteiger charge is 2.09. The average molecular weight is 253 g/mol. The number of unbranched alkanes of at least 4 members (excludes halogenated alkanes) is 1. The van der Waals surface area contributed by atoms with E-state index in [1.54, 1.807) is 0 Å². The van der Waals surface area contributed by atoms with Crippen LogP contribution in [-0.2, 0) is 11.2 Å². The lowest BCUT2D eigenvalue weighted by atomic mass is 10.2. The highest BCUT2D eigenvalue weighted by molar-refractivity contribution is 5.48. The molecule has 0 spiro atoms. The quantitative estimate of drug-likeness (QED) is 0.684. The Labute approximate surface area is 109 Å². The molecule has 0 aliphatic heterocycles. The molecule has 5 heteroatoms. The molecular weight excluding hydrogens is 230 g/mol. The first-order valence-corrected chi connectivity index (χ1v) is 6.55. The molecule has 18 heavy (non-hydrogen) atoms. The van der Waals surface area contributed by atoms with E-state index < -0.39 is 0 Å². The number of nitrogens with one attached hydrogen (secondary N) is 1. The van der Waals surface area contributed by atoms with Gasteiger partial charge in [-0.25, -0.2) is 9.97 Å². The fraction of sp³-hybridized carbons (Fsp3) is 0.692. The summed E-state index contributed by atoms with van der Waals surface area (Å²) in [7, 11) is 1.85. The van der Waals surface area contributed by atoms with Crippen LogP contribution < -0.4 is 10.1 Å². The molecule has 0 aliphatic carbocycles. The summed E-state index contributed by atoms with van der Waals surface area (Å²) in [6.07, 6.45) is 4.59. The molecule has 0 radical (unpaired) electrons. The van der Waals surface area contributed by atoms with E-state index in [4.69, 9.17) is 9.47 Å². The molecule has 0 fully saturated rings. The van der Waals surface area contributed by atoms with E-state index in [2.05, 4.69) is 29.1 Å². The lowest BCUT2D eigenvalue weighted by Crippen LogP contribution is -2.11. The highest BCUT2D eigenvalue weighted by atomic mass is 16.5. The minimum Gasteiger partial charge on any atom is -0.475 e. The zero-order chi connectivity index (χ0) is 13.2. The second-order valence-electron chi connectivity index (χ2n) is 3.92. The average Bonchev–Trinajstić information content (AvgIpc) is 2.42. The van der Waals surface area contributed by atoms with Crippen LogP contribution in [0.2, 0.25) is 0 Å². The SMILES string of the molecule is CCCCOCCOc1ncnc(NC)c1CC. The van der Waals surface area contributed by atoms with Crippen molar-refractivity contribution in [2.75, 3.05) is 32.2 Å². The van der Waals surface area contributed by atoms with E-state index >= 15 is 0 Å². The normalized spacial score (nSPS) is 10.4. The van der Waals surface area contributed by atoms with Gasteiger partial charge >= 0.3 is 0 Å². The van der Waals surface area contributed by atoms with Gasteiger partial charge in [0, 0.05) is 13.7 Å². The smallest absolute Gasteiger partial charge is 0.221 e. The Morgan fingerprint density at radius 3 is 2.67 bits per heavy atom. The fourth-order valence-electron chi connectivity index (χ4n) is 1.60. The fourth-order valence-corrected chi connectivity index (χ4v) is 1.60. The number of aromatic nitrogens is 2. The van der Waals surface area contributed by atoms with E-state index in [1.165, 1.54) is 6.33 Å². The first kappa shape index (κ1) is 14.7. The van der Waals surface area contributed by atoms with E-state index in [0.717, 1.165) is 37.3 Å². The molecule has 0 amide bonds. The van der Waals surface area contributed by atoms with Crippen LogP contribution in [0.15, 0.2) is 6.33 Å². The molecule has 0 bridgehead atoms. The van der Waals surface area contributed by atoms with Crippen LogP contribution in [0.4, 0.5) is 5.82 Å². The third kappa shape index (κ3) is 4.49. The highest BCUT2D eigenvalue weighted by Crippen LogP contribution is 2.21. The Morgan fingerprint density at radius 2 is 2.00 bits per heavy atom. The molecule has 102 valence electrons. The second-order valence-corrected chi connectivity index (χ2v) is 3.92. The third-order valence-corrected chi connectivity index (χ3v) is 2.60. The number of nitrogens with zero attached hydrogens (tertiary/aromatic N) is 2. The maximum atomic E-state index is 5.63. The van der Waals surface area contributed by atoms with Crippen LogP contribution in [0.1, 0.15) is 32.3 Å². The molecule has 1 rings (SSSR count). The molecule has 0 saturated heterocycles. The molecule has 1 aromatic heterocycles. The van der Waals surface area contributed by atoms with Gasteiger partial charge in [0.1, 0.15) is 18.8 Å². The van der Waals surface area contributed by atoms with Crippen molar-refractivity contribution >= 4 is 5.82 Å². The van der Waals surface area contributed by atoms with Gasteiger partial charge in [0.05, 0.1) is 12.2 Å². The number of hydrogen-bond donors (Lipinski definition) is 1. The van der Waals surface area contributed by atoms with Crippen molar-refractivity contribution in [1.29, 1.82) is 0 Å². The zero-order valence-corrected chi connectivity index (χ0v) is 11.5. The van der Waals surface area contributed by atoms with Gasteiger partial charge in [0.15, 0.2) is 0 Å². The summed E-state index contributed by atoms with van der Waals surface area (Å²) in [5, 5.41) is 3.04. The Morgan fingerprint density at radius 1 is 1.17 bits per heavy atom. The number of ether oxygens (including phenoxy) is 2. The Balaban J connectivity index is 2.41. The summed E-state index contributed by atoms with van der Waals surface area (Å²) in [6, 6.07) is 0. The topological polar surface area (TPSA) is 56.3 Å². The van der Waals surface area contributed by atoms with Crippen molar-refractivity contribution in [2.45, 2.75) is 33.1 Å². The molecular formula is C13H23N3O2. The van der Waals surface area contributed by atoms with Crippen LogP contribution in [0, 0.1) is 0 Å². The van der Waals surface area contributed by atoms with E-state index in [0.29, 0.717) is 19.1 Å².